The van der Waals surface area contributed by atoms with E-state index in [-0.39, 0.29) is 0 Å². The molecule has 0 amide bonds. The fraction of sp³-hybridized carbons (Fsp3) is 0.750. The number of carbonyl (C=O) groups excluding carboxylic acids is 1. The summed E-state index contributed by atoms with van der Waals surface area (Å²) >= 11 is 0. The van der Waals surface area contributed by atoms with Crippen molar-refractivity contribution in [3.63, 3.8) is 0 Å². The third kappa shape index (κ3) is 1.70. The summed E-state index contributed by atoms with van der Waals surface area (Å²) in [5.41, 5.74) is 1.47. The highest BCUT2D eigenvalue weighted by atomic mass is 16.1. The minimum Gasteiger partial charge on any atom is -0.295 e. The third-order valence-electron chi connectivity index (χ3n) is 3.63. The van der Waals surface area contributed by atoms with Gasteiger partial charge in [-0.25, -0.2) is 0 Å². The van der Waals surface area contributed by atoms with Crippen molar-refractivity contribution in [2.75, 3.05) is 0 Å². The minimum absolute atomic E-state index is 0.375. The molecule has 72 valence electrons. The molecule has 0 radical (unpaired) electrons. The van der Waals surface area contributed by atoms with Crippen LogP contribution in [0, 0.1) is 11.8 Å². The SMILES string of the molecule is CC[C@H]1CCCCC2=CC(=O)C[C@@H]21. The lowest BCUT2D eigenvalue weighted by atomic mass is 9.84. The van der Waals surface area contributed by atoms with E-state index in [0.717, 1.165) is 12.3 Å². The van der Waals surface area contributed by atoms with Gasteiger partial charge in [0.1, 0.15) is 0 Å². The van der Waals surface area contributed by atoms with Crippen LogP contribution in [0.25, 0.3) is 0 Å². The van der Waals surface area contributed by atoms with Crippen LogP contribution in [-0.2, 0) is 4.79 Å². The predicted molar refractivity (Wildman–Crippen MR) is 53.4 cm³/mol. The van der Waals surface area contributed by atoms with Gasteiger partial charge in [0.15, 0.2) is 5.78 Å². The highest BCUT2D eigenvalue weighted by molar-refractivity contribution is 5.93. The fourth-order valence-corrected chi connectivity index (χ4v) is 2.87. The average Bonchev–Trinajstić information content (AvgIpc) is 2.37. The summed E-state index contributed by atoms with van der Waals surface area (Å²) in [5, 5.41) is 0. The van der Waals surface area contributed by atoms with Gasteiger partial charge in [-0.15, -0.1) is 0 Å². The molecule has 0 unspecified atom stereocenters. The van der Waals surface area contributed by atoms with Gasteiger partial charge in [0.05, 0.1) is 0 Å². The molecule has 13 heavy (non-hydrogen) atoms. The Bertz CT molecular complexity index is 240. The summed E-state index contributed by atoms with van der Waals surface area (Å²) in [6, 6.07) is 0. The van der Waals surface area contributed by atoms with E-state index in [9.17, 15) is 4.79 Å². The van der Waals surface area contributed by atoms with Crippen LogP contribution in [-0.4, -0.2) is 5.78 Å². The molecule has 1 nitrogen and oxygen atoms in total. The Kier molecular flexibility index (Phi) is 2.52. The Morgan fingerprint density at radius 2 is 2.31 bits per heavy atom. The lowest BCUT2D eigenvalue weighted by molar-refractivity contribution is -0.114. The van der Waals surface area contributed by atoms with E-state index in [1.165, 1.54) is 37.7 Å². The zero-order valence-corrected chi connectivity index (χ0v) is 8.38. The van der Waals surface area contributed by atoms with Crippen molar-refractivity contribution in [1.82, 2.24) is 0 Å². The normalized spacial score (nSPS) is 33.9. The Hall–Kier alpha value is -0.590. The van der Waals surface area contributed by atoms with E-state index < -0.39 is 0 Å². The molecule has 0 heterocycles. The monoisotopic (exact) mass is 178 g/mol. The summed E-state index contributed by atoms with van der Waals surface area (Å²) in [7, 11) is 0. The molecule has 2 aliphatic carbocycles. The summed E-state index contributed by atoms with van der Waals surface area (Å²) in [4.78, 5) is 11.3. The third-order valence-corrected chi connectivity index (χ3v) is 3.63. The van der Waals surface area contributed by atoms with Crippen LogP contribution in [0.1, 0.15) is 45.4 Å². The number of hydrogen-bond acceptors (Lipinski definition) is 1. The molecule has 0 spiro atoms. The number of carbonyl (C=O) groups is 1. The van der Waals surface area contributed by atoms with Crippen LogP contribution in [0.4, 0.5) is 0 Å². The van der Waals surface area contributed by atoms with Crippen LogP contribution >= 0.6 is 0 Å². The molecule has 1 heteroatoms. The Balaban J connectivity index is 2.17. The average molecular weight is 178 g/mol. The molecule has 2 rings (SSSR count). The first-order valence-corrected chi connectivity index (χ1v) is 5.54. The largest absolute Gasteiger partial charge is 0.295 e. The van der Waals surface area contributed by atoms with Crippen molar-refractivity contribution >= 4 is 5.78 Å². The number of fused-ring (bicyclic) bond motifs is 1. The maximum absolute atomic E-state index is 11.3. The summed E-state index contributed by atoms with van der Waals surface area (Å²) < 4.78 is 0. The Morgan fingerprint density at radius 3 is 3.08 bits per heavy atom. The summed E-state index contributed by atoms with van der Waals surface area (Å²) in [5.74, 6) is 1.79. The molecular weight excluding hydrogens is 160 g/mol. The molecule has 1 fully saturated rings. The minimum atomic E-state index is 0.375. The standard InChI is InChI=1S/C12H18O/c1-2-9-5-3-4-6-10-7-11(13)8-12(9)10/h7,9,12H,2-6,8H2,1H3/t9-,12+/m0/s1. The van der Waals surface area contributed by atoms with Gasteiger partial charge in [0.2, 0.25) is 0 Å². The van der Waals surface area contributed by atoms with Gasteiger partial charge in [0.25, 0.3) is 0 Å². The summed E-state index contributed by atoms with van der Waals surface area (Å²) in [6.07, 6.45) is 9.17. The van der Waals surface area contributed by atoms with E-state index in [1.54, 1.807) is 0 Å². The van der Waals surface area contributed by atoms with Crippen LogP contribution in [0.5, 0.6) is 0 Å². The van der Waals surface area contributed by atoms with Crippen molar-refractivity contribution in [1.29, 1.82) is 0 Å². The van der Waals surface area contributed by atoms with Gasteiger partial charge in [-0.2, -0.15) is 0 Å². The number of allylic oxidation sites excluding steroid dienone is 2. The molecule has 1 saturated carbocycles. The van der Waals surface area contributed by atoms with Gasteiger partial charge in [-0.05, 0) is 37.2 Å². The lowest BCUT2D eigenvalue weighted by Crippen LogP contribution is -2.12. The molecule has 0 aromatic heterocycles. The summed E-state index contributed by atoms with van der Waals surface area (Å²) in [6.45, 7) is 2.26. The fourth-order valence-electron chi connectivity index (χ4n) is 2.87. The van der Waals surface area contributed by atoms with E-state index in [1.807, 2.05) is 6.08 Å². The molecule has 0 bridgehead atoms. The first-order chi connectivity index (χ1) is 6.31. The van der Waals surface area contributed by atoms with E-state index in [4.69, 9.17) is 0 Å². The van der Waals surface area contributed by atoms with Gasteiger partial charge in [0, 0.05) is 6.42 Å². The van der Waals surface area contributed by atoms with Crippen LogP contribution in [0.15, 0.2) is 11.6 Å². The van der Waals surface area contributed by atoms with Crippen LogP contribution in [0.2, 0.25) is 0 Å². The predicted octanol–water partition coefficient (Wildman–Crippen LogP) is 3.10. The molecule has 0 aromatic carbocycles. The first-order valence-electron chi connectivity index (χ1n) is 5.54. The second kappa shape index (κ2) is 3.65. The Morgan fingerprint density at radius 1 is 1.46 bits per heavy atom. The quantitative estimate of drug-likeness (QED) is 0.603. The van der Waals surface area contributed by atoms with E-state index in [0.29, 0.717) is 11.7 Å². The first kappa shape index (κ1) is 8.98. The van der Waals surface area contributed by atoms with Crippen molar-refractivity contribution < 1.29 is 4.79 Å². The van der Waals surface area contributed by atoms with Gasteiger partial charge >= 0.3 is 0 Å². The smallest absolute Gasteiger partial charge is 0.156 e. The van der Waals surface area contributed by atoms with Gasteiger partial charge in [-0.1, -0.05) is 25.3 Å². The second-order valence-corrected chi connectivity index (χ2v) is 4.41. The second-order valence-electron chi connectivity index (χ2n) is 4.41. The van der Waals surface area contributed by atoms with Gasteiger partial charge < -0.3 is 0 Å². The molecule has 2 atom stereocenters. The molecule has 0 N–H and O–H groups in total. The van der Waals surface area contributed by atoms with Crippen LogP contribution in [0.3, 0.4) is 0 Å². The number of hydrogen-bond donors (Lipinski definition) is 0. The number of ketones is 1. The van der Waals surface area contributed by atoms with Crippen molar-refractivity contribution in [3.05, 3.63) is 11.6 Å². The highest BCUT2D eigenvalue weighted by Crippen LogP contribution is 2.40. The topological polar surface area (TPSA) is 17.1 Å². The molecule has 2 aliphatic rings. The van der Waals surface area contributed by atoms with Gasteiger partial charge in [-0.3, -0.25) is 4.79 Å². The van der Waals surface area contributed by atoms with Crippen LogP contribution < -0.4 is 0 Å². The molecular formula is C12H18O. The molecule has 0 aliphatic heterocycles. The van der Waals surface area contributed by atoms with E-state index in [2.05, 4.69) is 6.92 Å². The zero-order valence-electron chi connectivity index (χ0n) is 8.38. The van der Waals surface area contributed by atoms with E-state index >= 15 is 0 Å². The molecule has 0 saturated heterocycles. The lowest BCUT2D eigenvalue weighted by Gasteiger charge is -2.20. The van der Waals surface area contributed by atoms with Crippen molar-refractivity contribution in [3.8, 4) is 0 Å². The van der Waals surface area contributed by atoms with Crippen molar-refractivity contribution in [2.24, 2.45) is 11.8 Å². The maximum atomic E-state index is 11.3. The van der Waals surface area contributed by atoms with Crippen molar-refractivity contribution in [2.45, 2.75) is 45.4 Å². The zero-order chi connectivity index (χ0) is 9.26. The number of rotatable bonds is 1. The maximum Gasteiger partial charge on any atom is 0.156 e. The Labute approximate surface area is 80.2 Å². The highest BCUT2D eigenvalue weighted by Gasteiger charge is 2.31. The molecule has 0 aromatic rings.